The number of phenols is 1. The molecule has 19 heavy (non-hydrogen) atoms. The lowest BCUT2D eigenvalue weighted by Crippen LogP contribution is -2.18. The Bertz CT molecular complexity index is 469. The van der Waals surface area contributed by atoms with Crippen molar-refractivity contribution in [2.45, 2.75) is 13.3 Å². The van der Waals surface area contributed by atoms with Gasteiger partial charge in [0.25, 0.3) is 5.78 Å². The van der Waals surface area contributed by atoms with Crippen molar-refractivity contribution in [3.8, 4) is 5.75 Å². The first-order valence-electron chi connectivity index (χ1n) is 6.13. The van der Waals surface area contributed by atoms with Gasteiger partial charge in [0.2, 0.25) is 0 Å². The number of carbonyl (C=O) groups is 2. The molecule has 0 aliphatic carbocycles. The molecule has 0 spiro atoms. The van der Waals surface area contributed by atoms with Crippen molar-refractivity contribution in [1.29, 1.82) is 0 Å². The molecule has 0 saturated carbocycles. The van der Waals surface area contributed by atoms with Gasteiger partial charge < -0.3 is 14.7 Å². The number of Topliss-reactive ketones (excluding diaryl/α,β-unsaturated/α-hetero) is 1. The zero-order valence-corrected chi connectivity index (χ0v) is 11.5. The smallest absolute Gasteiger partial charge is 0.379 e. The van der Waals surface area contributed by atoms with E-state index in [0.717, 1.165) is 18.5 Å². The molecule has 104 valence electrons. The molecule has 0 fully saturated rings. The van der Waals surface area contributed by atoms with Gasteiger partial charge in [-0.05, 0) is 45.1 Å². The molecule has 0 aromatic heterocycles. The number of esters is 1. The number of rotatable bonds is 6. The van der Waals surface area contributed by atoms with E-state index in [-0.39, 0.29) is 17.9 Å². The zero-order chi connectivity index (χ0) is 14.4. The number of carbonyl (C=O) groups excluding carboxylic acids is 2. The van der Waals surface area contributed by atoms with Gasteiger partial charge in [0.15, 0.2) is 0 Å². The number of nitrogens with zero attached hydrogens (tertiary/aromatic N) is 1. The van der Waals surface area contributed by atoms with Crippen LogP contribution in [0.15, 0.2) is 18.2 Å². The minimum Gasteiger partial charge on any atom is -0.507 e. The van der Waals surface area contributed by atoms with Crippen LogP contribution in [0, 0.1) is 0 Å². The molecule has 0 radical (unpaired) electrons. The number of hydrogen-bond acceptors (Lipinski definition) is 5. The fourth-order valence-electron chi connectivity index (χ4n) is 1.58. The number of aromatic hydroxyl groups is 1. The van der Waals surface area contributed by atoms with Crippen molar-refractivity contribution in [3.05, 3.63) is 29.3 Å². The van der Waals surface area contributed by atoms with Gasteiger partial charge in [-0.3, -0.25) is 4.79 Å². The highest BCUT2D eigenvalue weighted by Crippen LogP contribution is 2.20. The normalized spacial score (nSPS) is 10.5. The summed E-state index contributed by atoms with van der Waals surface area (Å²) in [5, 5.41) is 9.66. The largest absolute Gasteiger partial charge is 0.507 e. The molecular weight excluding hydrogens is 246 g/mol. The number of likely N-dealkylation sites (N-methyl/N-ethyl adjacent to an activating group) is 1. The Labute approximate surface area is 112 Å². The van der Waals surface area contributed by atoms with Gasteiger partial charge in [-0.2, -0.15) is 0 Å². The number of ether oxygens (including phenoxy) is 1. The molecule has 1 N–H and O–H groups in total. The molecular formula is C14H19NO4. The van der Waals surface area contributed by atoms with E-state index >= 15 is 0 Å². The molecule has 0 atom stereocenters. The highest BCUT2D eigenvalue weighted by atomic mass is 16.5. The zero-order valence-electron chi connectivity index (χ0n) is 11.5. The second kappa shape index (κ2) is 6.89. The molecule has 0 bridgehead atoms. The summed E-state index contributed by atoms with van der Waals surface area (Å²) < 4.78 is 4.64. The van der Waals surface area contributed by atoms with E-state index in [1.54, 1.807) is 13.0 Å². The molecule has 5 heteroatoms. The third kappa shape index (κ3) is 4.37. The van der Waals surface area contributed by atoms with E-state index in [1.165, 1.54) is 12.1 Å². The van der Waals surface area contributed by atoms with Gasteiger partial charge in [-0.25, -0.2) is 4.79 Å². The molecule has 0 aliphatic rings. The SMILES string of the molecule is CCOC(=O)C(=O)c1cc(CCN(C)C)ccc1O. The monoisotopic (exact) mass is 265 g/mol. The third-order valence-electron chi connectivity index (χ3n) is 2.61. The first-order chi connectivity index (χ1) is 8.95. The Morgan fingerprint density at radius 1 is 1.32 bits per heavy atom. The Kier molecular flexibility index (Phi) is 5.51. The van der Waals surface area contributed by atoms with Crippen molar-refractivity contribution in [2.75, 3.05) is 27.2 Å². The molecule has 0 saturated heterocycles. The second-order valence-electron chi connectivity index (χ2n) is 4.45. The van der Waals surface area contributed by atoms with Crippen molar-refractivity contribution < 1.29 is 19.4 Å². The molecule has 5 nitrogen and oxygen atoms in total. The maximum absolute atomic E-state index is 11.8. The predicted molar refractivity (Wildman–Crippen MR) is 71.3 cm³/mol. The van der Waals surface area contributed by atoms with Crippen molar-refractivity contribution >= 4 is 11.8 Å². The molecule has 0 unspecified atom stereocenters. The summed E-state index contributed by atoms with van der Waals surface area (Å²) in [5.41, 5.74) is 0.883. The van der Waals surface area contributed by atoms with Crippen molar-refractivity contribution in [1.82, 2.24) is 4.90 Å². The predicted octanol–water partition coefficient (Wildman–Crippen LogP) is 1.24. The van der Waals surface area contributed by atoms with Crippen LogP contribution in [0.3, 0.4) is 0 Å². The maximum atomic E-state index is 11.8. The lowest BCUT2D eigenvalue weighted by molar-refractivity contribution is -0.137. The third-order valence-corrected chi connectivity index (χ3v) is 2.61. The van der Waals surface area contributed by atoms with Gasteiger partial charge in [-0.15, -0.1) is 0 Å². The average molecular weight is 265 g/mol. The summed E-state index contributed by atoms with van der Waals surface area (Å²) in [6.45, 7) is 2.57. The van der Waals surface area contributed by atoms with E-state index in [0.29, 0.717) is 0 Å². The Balaban J connectivity index is 2.90. The van der Waals surface area contributed by atoms with Crippen LogP contribution in [0.25, 0.3) is 0 Å². The fraction of sp³-hybridized carbons (Fsp3) is 0.429. The molecule has 1 aromatic carbocycles. The number of hydrogen-bond donors (Lipinski definition) is 1. The van der Waals surface area contributed by atoms with Gasteiger partial charge >= 0.3 is 5.97 Å². The average Bonchev–Trinajstić information content (AvgIpc) is 2.37. The topological polar surface area (TPSA) is 66.8 Å². The van der Waals surface area contributed by atoms with Gasteiger partial charge in [-0.1, -0.05) is 6.07 Å². The summed E-state index contributed by atoms with van der Waals surface area (Å²) in [6, 6.07) is 4.70. The Hall–Kier alpha value is -1.88. The molecule has 1 rings (SSSR count). The first kappa shape index (κ1) is 15.2. The quantitative estimate of drug-likeness (QED) is 0.476. The van der Waals surface area contributed by atoms with E-state index in [2.05, 4.69) is 4.74 Å². The van der Waals surface area contributed by atoms with Crippen LogP contribution in [0.2, 0.25) is 0 Å². The number of benzene rings is 1. The summed E-state index contributed by atoms with van der Waals surface area (Å²) in [5.74, 6) is -1.96. The standard InChI is InChI=1S/C14H19NO4/c1-4-19-14(18)13(17)11-9-10(5-6-12(11)16)7-8-15(2)3/h5-6,9,16H,4,7-8H2,1-3H3. The summed E-state index contributed by atoms with van der Waals surface area (Å²) in [7, 11) is 3.90. The van der Waals surface area contributed by atoms with E-state index in [4.69, 9.17) is 0 Å². The van der Waals surface area contributed by atoms with Crippen molar-refractivity contribution in [3.63, 3.8) is 0 Å². The first-order valence-corrected chi connectivity index (χ1v) is 6.13. The van der Waals surface area contributed by atoms with E-state index in [1.807, 2.05) is 19.0 Å². The minimum absolute atomic E-state index is 0.00490. The molecule has 0 aliphatic heterocycles. The van der Waals surface area contributed by atoms with Crippen LogP contribution in [0.5, 0.6) is 5.75 Å². The van der Waals surface area contributed by atoms with E-state index < -0.39 is 11.8 Å². The number of ketones is 1. The van der Waals surface area contributed by atoms with Crippen LogP contribution in [-0.4, -0.2) is 49.0 Å². The van der Waals surface area contributed by atoms with Gasteiger partial charge in [0, 0.05) is 6.54 Å². The van der Waals surface area contributed by atoms with Crippen LogP contribution in [0.4, 0.5) is 0 Å². The lowest BCUT2D eigenvalue weighted by atomic mass is 10.0. The summed E-state index contributed by atoms with van der Waals surface area (Å²) in [6.07, 6.45) is 0.733. The molecule has 1 aromatic rings. The lowest BCUT2D eigenvalue weighted by Gasteiger charge is -2.10. The highest BCUT2D eigenvalue weighted by molar-refractivity contribution is 6.41. The summed E-state index contributed by atoms with van der Waals surface area (Å²) >= 11 is 0. The Morgan fingerprint density at radius 3 is 2.58 bits per heavy atom. The molecule has 0 amide bonds. The van der Waals surface area contributed by atoms with Crippen LogP contribution < -0.4 is 0 Å². The van der Waals surface area contributed by atoms with Gasteiger partial charge in [0.1, 0.15) is 5.75 Å². The Morgan fingerprint density at radius 2 is 2.00 bits per heavy atom. The van der Waals surface area contributed by atoms with Crippen LogP contribution in [0.1, 0.15) is 22.8 Å². The fourth-order valence-corrected chi connectivity index (χ4v) is 1.58. The highest BCUT2D eigenvalue weighted by Gasteiger charge is 2.21. The van der Waals surface area contributed by atoms with E-state index in [9.17, 15) is 14.7 Å². The van der Waals surface area contributed by atoms with Crippen molar-refractivity contribution in [2.24, 2.45) is 0 Å². The maximum Gasteiger partial charge on any atom is 0.379 e. The molecule has 0 heterocycles. The van der Waals surface area contributed by atoms with Crippen LogP contribution in [-0.2, 0) is 16.0 Å². The van der Waals surface area contributed by atoms with Gasteiger partial charge in [0.05, 0.1) is 12.2 Å². The number of phenolic OH excluding ortho intramolecular Hbond substituents is 1. The second-order valence-corrected chi connectivity index (χ2v) is 4.45. The minimum atomic E-state index is -0.942. The van der Waals surface area contributed by atoms with Crippen LogP contribution >= 0.6 is 0 Å². The summed E-state index contributed by atoms with van der Waals surface area (Å²) in [4.78, 5) is 25.2.